The number of methoxy groups -OCH3 is 1. The molecule has 1 aliphatic heterocycles. The lowest BCUT2D eigenvalue weighted by Crippen LogP contribution is -2.57. The van der Waals surface area contributed by atoms with Crippen LogP contribution in [-0.2, 0) is 21.2 Å². The lowest BCUT2D eigenvalue weighted by Gasteiger charge is -2.39. The summed E-state index contributed by atoms with van der Waals surface area (Å²) in [6, 6.07) is 23.3. The zero-order chi connectivity index (χ0) is 24.9. The van der Waals surface area contributed by atoms with E-state index in [1.54, 1.807) is 49.7 Å². The van der Waals surface area contributed by atoms with E-state index in [1.165, 1.54) is 0 Å². The summed E-state index contributed by atoms with van der Waals surface area (Å²) in [6.07, 6.45) is 4.45. The SMILES string of the molecule is COc1cccc2c1[N+](C(CCNC(=O)CN)Cc1ccccc1)(S(=O)(=O)c1ccccc1)C=C2. The molecule has 35 heavy (non-hydrogen) atoms. The highest BCUT2D eigenvalue weighted by atomic mass is 32.2. The van der Waals surface area contributed by atoms with Crippen molar-refractivity contribution in [2.75, 3.05) is 20.2 Å². The molecule has 8 heteroatoms. The van der Waals surface area contributed by atoms with Crippen LogP contribution < -0.4 is 19.7 Å². The molecule has 4 rings (SSSR count). The van der Waals surface area contributed by atoms with Gasteiger partial charge in [-0.3, -0.25) is 4.79 Å². The molecule has 0 saturated heterocycles. The smallest absolute Gasteiger partial charge is 0.336 e. The molecule has 0 bridgehead atoms. The van der Waals surface area contributed by atoms with Crippen LogP contribution in [0.25, 0.3) is 6.08 Å². The Bertz CT molecular complexity index is 1310. The molecule has 0 aromatic heterocycles. The molecule has 2 atom stereocenters. The molecule has 1 amide bonds. The fraction of sp³-hybridized carbons (Fsp3) is 0.222. The third-order valence-corrected chi connectivity index (χ3v) is 8.62. The van der Waals surface area contributed by atoms with E-state index in [1.807, 2.05) is 48.5 Å². The summed E-state index contributed by atoms with van der Waals surface area (Å²) in [4.78, 5) is 12.1. The minimum atomic E-state index is -3.99. The van der Waals surface area contributed by atoms with Gasteiger partial charge in [-0.2, -0.15) is 8.42 Å². The average molecular weight is 493 g/mol. The molecule has 1 aliphatic rings. The van der Waals surface area contributed by atoms with Crippen molar-refractivity contribution < 1.29 is 17.9 Å². The van der Waals surface area contributed by atoms with Crippen LogP contribution in [0.4, 0.5) is 5.69 Å². The topological polar surface area (TPSA) is 98.5 Å². The molecular weight excluding hydrogens is 462 g/mol. The first-order valence-corrected chi connectivity index (χ1v) is 12.9. The number of rotatable bonds is 10. The maximum absolute atomic E-state index is 14.5. The highest BCUT2D eigenvalue weighted by Gasteiger charge is 2.54. The van der Waals surface area contributed by atoms with Gasteiger partial charge in [0.25, 0.3) is 0 Å². The summed E-state index contributed by atoms with van der Waals surface area (Å²) in [5.41, 5.74) is 7.83. The highest BCUT2D eigenvalue weighted by molar-refractivity contribution is 7.91. The van der Waals surface area contributed by atoms with Gasteiger partial charge in [0.1, 0.15) is 17.1 Å². The number of nitrogens with zero attached hydrogens (tertiary/aromatic N) is 1. The molecule has 0 saturated carbocycles. The van der Waals surface area contributed by atoms with Crippen molar-refractivity contribution in [1.82, 2.24) is 9.21 Å². The molecule has 7 nitrogen and oxygen atoms in total. The van der Waals surface area contributed by atoms with E-state index in [0.717, 1.165) is 11.1 Å². The van der Waals surface area contributed by atoms with Gasteiger partial charge in [0.15, 0.2) is 5.75 Å². The van der Waals surface area contributed by atoms with Crippen molar-refractivity contribution in [1.29, 1.82) is 0 Å². The Morgan fingerprint density at radius 3 is 2.34 bits per heavy atom. The number of carbonyl (C=O) groups is 1. The molecule has 2 unspecified atom stereocenters. The molecule has 3 aromatic carbocycles. The number of para-hydroxylation sites is 1. The number of nitrogens with one attached hydrogen (secondary N) is 1. The third-order valence-electron chi connectivity index (χ3n) is 6.36. The van der Waals surface area contributed by atoms with E-state index in [-0.39, 0.29) is 23.9 Å². The Balaban J connectivity index is 1.92. The molecule has 0 aliphatic carbocycles. The zero-order valence-electron chi connectivity index (χ0n) is 19.6. The number of amides is 1. The van der Waals surface area contributed by atoms with Crippen molar-refractivity contribution in [3.05, 3.63) is 96.2 Å². The van der Waals surface area contributed by atoms with Gasteiger partial charge in [0, 0.05) is 31.0 Å². The van der Waals surface area contributed by atoms with Crippen LogP contribution >= 0.6 is 0 Å². The quantitative estimate of drug-likeness (QED) is 0.423. The maximum atomic E-state index is 14.5. The summed E-state index contributed by atoms with van der Waals surface area (Å²) < 4.78 is 34.3. The van der Waals surface area contributed by atoms with Gasteiger partial charge in [-0.1, -0.05) is 54.6 Å². The molecule has 3 aromatic rings. The number of benzene rings is 3. The van der Waals surface area contributed by atoms with Crippen LogP contribution in [0.3, 0.4) is 0 Å². The van der Waals surface area contributed by atoms with Crippen molar-refractivity contribution in [3.8, 4) is 5.75 Å². The molecule has 0 spiro atoms. The standard InChI is InChI=1S/C27H29N3O4S/c1-34-25-14-8-11-22-16-18-30(27(22)25,35(32,33)24-12-6-3-7-13-24)23(15-17-29-26(31)20-28)19-21-9-4-2-5-10-21/h2-14,16,18,23H,15,17,19-20,28H2,1H3/p+1. The first kappa shape index (κ1) is 24.7. The minimum Gasteiger partial charge on any atom is -0.491 e. The van der Waals surface area contributed by atoms with Crippen molar-refractivity contribution >= 4 is 27.7 Å². The second kappa shape index (κ2) is 10.4. The number of hydrogen-bond donors (Lipinski definition) is 2. The highest BCUT2D eigenvalue weighted by Crippen LogP contribution is 2.49. The average Bonchev–Trinajstić information content (AvgIpc) is 3.30. The van der Waals surface area contributed by atoms with Crippen molar-refractivity contribution in [3.63, 3.8) is 0 Å². The molecular formula is C27H30N3O4S+. The first-order valence-electron chi connectivity index (χ1n) is 11.5. The van der Waals surface area contributed by atoms with Crippen LogP contribution in [0.1, 0.15) is 17.5 Å². The number of sulfonamides is 1. The van der Waals surface area contributed by atoms with Crippen LogP contribution in [0.5, 0.6) is 5.75 Å². The molecule has 1 heterocycles. The van der Waals surface area contributed by atoms with Gasteiger partial charge >= 0.3 is 10.0 Å². The second-order valence-electron chi connectivity index (χ2n) is 8.40. The zero-order valence-corrected chi connectivity index (χ0v) is 20.4. The Morgan fingerprint density at radius 2 is 1.69 bits per heavy atom. The summed E-state index contributed by atoms with van der Waals surface area (Å²) in [6.45, 7) is 0.165. The predicted molar refractivity (Wildman–Crippen MR) is 138 cm³/mol. The van der Waals surface area contributed by atoms with E-state index in [0.29, 0.717) is 24.3 Å². The third kappa shape index (κ3) is 4.60. The number of fused-ring (bicyclic) bond motifs is 1. The minimum absolute atomic E-state index is 0.123. The summed E-state index contributed by atoms with van der Waals surface area (Å²) in [5, 5.41) is 2.81. The largest absolute Gasteiger partial charge is 0.491 e. The van der Waals surface area contributed by atoms with E-state index in [9.17, 15) is 13.2 Å². The Kier molecular flexibility index (Phi) is 7.35. The number of quaternary nitrogens is 1. The number of ether oxygens (including phenoxy) is 1. The van der Waals surface area contributed by atoms with Gasteiger partial charge in [0.05, 0.1) is 13.7 Å². The van der Waals surface area contributed by atoms with Gasteiger partial charge in [0.2, 0.25) is 11.6 Å². The molecule has 182 valence electrons. The Labute approximate surface area is 206 Å². The van der Waals surface area contributed by atoms with E-state index in [4.69, 9.17) is 10.5 Å². The maximum Gasteiger partial charge on any atom is 0.336 e. The second-order valence-corrected chi connectivity index (χ2v) is 10.4. The lowest BCUT2D eigenvalue weighted by molar-refractivity contribution is -0.119. The van der Waals surface area contributed by atoms with E-state index < -0.39 is 20.0 Å². The van der Waals surface area contributed by atoms with Gasteiger partial charge in [-0.25, -0.2) is 0 Å². The van der Waals surface area contributed by atoms with Crippen LogP contribution in [0, 0.1) is 0 Å². The fourth-order valence-electron chi connectivity index (χ4n) is 4.71. The lowest BCUT2D eigenvalue weighted by atomic mass is 10.0. The molecule has 0 fully saturated rings. The van der Waals surface area contributed by atoms with Gasteiger partial charge in [-0.15, -0.1) is 3.89 Å². The van der Waals surface area contributed by atoms with Gasteiger partial charge < -0.3 is 15.8 Å². The number of hydrogen-bond acceptors (Lipinski definition) is 5. The number of nitrogens with two attached hydrogens (primary N) is 1. The summed E-state index contributed by atoms with van der Waals surface area (Å²) in [7, 11) is -2.44. The Hall–Kier alpha value is -3.46. The van der Waals surface area contributed by atoms with Gasteiger partial charge in [-0.05, 0) is 29.8 Å². The van der Waals surface area contributed by atoms with Crippen molar-refractivity contribution in [2.45, 2.75) is 23.8 Å². The van der Waals surface area contributed by atoms with E-state index >= 15 is 0 Å². The molecule has 0 radical (unpaired) electrons. The number of carbonyl (C=O) groups excluding carboxylic acids is 1. The summed E-state index contributed by atoms with van der Waals surface area (Å²) >= 11 is 0. The van der Waals surface area contributed by atoms with Crippen LogP contribution in [-0.4, -0.2) is 40.6 Å². The normalized spacial score (nSPS) is 17.5. The van der Waals surface area contributed by atoms with Crippen LogP contribution in [0.2, 0.25) is 0 Å². The van der Waals surface area contributed by atoms with Crippen LogP contribution in [0.15, 0.2) is 90.0 Å². The van der Waals surface area contributed by atoms with E-state index in [2.05, 4.69) is 5.32 Å². The summed E-state index contributed by atoms with van der Waals surface area (Å²) in [5.74, 6) is 0.215. The predicted octanol–water partition coefficient (Wildman–Crippen LogP) is 3.45. The first-order chi connectivity index (χ1) is 16.9. The van der Waals surface area contributed by atoms with Crippen molar-refractivity contribution in [2.24, 2.45) is 5.73 Å². The Morgan fingerprint density at radius 1 is 1.00 bits per heavy atom. The monoisotopic (exact) mass is 492 g/mol. The molecule has 3 N–H and O–H groups in total. The fourth-order valence-corrected chi connectivity index (χ4v) is 6.79.